The molecule has 246 valence electrons. The Balaban J connectivity index is 1.25. The van der Waals surface area contributed by atoms with Gasteiger partial charge in [0.1, 0.15) is 0 Å². The van der Waals surface area contributed by atoms with E-state index in [-0.39, 0.29) is 32.5 Å². The van der Waals surface area contributed by atoms with Crippen molar-refractivity contribution in [3.8, 4) is 0 Å². The molecule has 0 aliphatic carbocycles. The van der Waals surface area contributed by atoms with E-state index in [1.54, 1.807) is 0 Å². The number of aromatic nitrogens is 9. The summed E-state index contributed by atoms with van der Waals surface area (Å²) in [5.74, 6) is 2.96. The SMILES string of the molecule is C=Nc1nc(N)nc(N[I-]N=C(N)c2ccc(C(N)=N[I-]Nc3nc(N)nc(NPCc4cn(CC(C)C(C)C)nn4)n3)cc2)n1. The van der Waals surface area contributed by atoms with Crippen LogP contribution >= 0.6 is 8.73 Å². The summed E-state index contributed by atoms with van der Waals surface area (Å²) in [6, 6.07) is 7.25. The van der Waals surface area contributed by atoms with E-state index in [0.29, 0.717) is 41.6 Å². The van der Waals surface area contributed by atoms with Gasteiger partial charge in [0, 0.05) is 0 Å². The number of nitrogen functional groups attached to an aromatic ring is 2. The number of nitrogens with two attached hydrogens (primary N) is 4. The fourth-order valence-electron chi connectivity index (χ4n) is 3.33. The molecule has 3 heterocycles. The third kappa shape index (κ3) is 10.8. The van der Waals surface area contributed by atoms with Crippen LogP contribution in [0.4, 0.5) is 35.7 Å². The molecule has 46 heavy (non-hydrogen) atoms. The monoisotopic (exact) mass is 873 g/mol. The zero-order valence-electron chi connectivity index (χ0n) is 25.1. The maximum atomic E-state index is 6.22. The zero-order valence-corrected chi connectivity index (χ0v) is 30.4. The number of amidine groups is 2. The van der Waals surface area contributed by atoms with Crippen molar-refractivity contribution >= 4 is 62.8 Å². The van der Waals surface area contributed by atoms with Gasteiger partial charge in [-0.25, -0.2) is 0 Å². The minimum atomic E-state index is -0.994. The van der Waals surface area contributed by atoms with Crippen LogP contribution in [-0.4, -0.2) is 63.3 Å². The molecule has 3 aromatic heterocycles. The summed E-state index contributed by atoms with van der Waals surface area (Å²) in [5.41, 5.74) is 26.2. The van der Waals surface area contributed by atoms with Crippen molar-refractivity contribution in [2.75, 3.05) is 23.6 Å². The van der Waals surface area contributed by atoms with Crippen LogP contribution in [0.1, 0.15) is 37.6 Å². The maximum absolute atomic E-state index is 6.22. The molecule has 2 unspecified atom stereocenters. The van der Waals surface area contributed by atoms with Crippen molar-refractivity contribution in [2.45, 2.75) is 33.5 Å². The Bertz CT molecular complexity index is 1680. The van der Waals surface area contributed by atoms with E-state index in [4.69, 9.17) is 22.9 Å². The molecule has 0 aliphatic heterocycles. The molecule has 19 nitrogen and oxygen atoms in total. The third-order valence-electron chi connectivity index (χ3n) is 6.10. The topological polar surface area (TPSA) is 285 Å². The van der Waals surface area contributed by atoms with Crippen LogP contribution in [0.15, 0.2) is 41.9 Å². The molecule has 1 aromatic carbocycles. The van der Waals surface area contributed by atoms with Gasteiger partial charge in [0.25, 0.3) is 0 Å². The normalized spacial score (nSPS) is 13.0. The van der Waals surface area contributed by atoms with Gasteiger partial charge in [-0.2, -0.15) is 0 Å². The van der Waals surface area contributed by atoms with Crippen LogP contribution in [-0.2, 0) is 12.7 Å². The number of benzene rings is 1. The Hall–Kier alpha value is -4.12. The summed E-state index contributed by atoms with van der Waals surface area (Å²) in [5, 5.41) is 11.7. The van der Waals surface area contributed by atoms with Crippen LogP contribution in [0.5, 0.6) is 0 Å². The number of nitrogens with zero attached hydrogens (tertiary/aromatic N) is 12. The van der Waals surface area contributed by atoms with Gasteiger partial charge in [0.2, 0.25) is 0 Å². The zero-order chi connectivity index (χ0) is 33.1. The Kier molecular flexibility index (Phi) is 12.8. The molecular formula is C24H34I2N19P-2. The molecule has 0 amide bonds. The van der Waals surface area contributed by atoms with Crippen LogP contribution in [0.3, 0.4) is 0 Å². The summed E-state index contributed by atoms with van der Waals surface area (Å²) in [4.78, 5) is 28.2. The van der Waals surface area contributed by atoms with Crippen LogP contribution in [0.25, 0.3) is 0 Å². The fraction of sp³-hybridized carbons (Fsp3) is 0.292. The van der Waals surface area contributed by atoms with E-state index in [2.05, 4.69) is 91.3 Å². The summed E-state index contributed by atoms with van der Waals surface area (Å²) < 4.78 is 16.9. The van der Waals surface area contributed by atoms with Crippen molar-refractivity contribution in [1.29, 1.82) is 0 Å². The fourth-order valence-corrected chi connectivity index (χ4v) is 6.26. The Labute approximate surface area is 288 Å². The van der Waals surface area contributed by atoms with E-state index in [9.17, 15) is 0 Å². The second-order valence-corrected chi connectivity index (χ2v) is 13.8. The van der Waals surface area contributed by atoms with Crippen LogP contribution in [0, 0.1) is 11.8 Å². The van der Waals surface area contributed by atoms with Crippen molar-refractivity contribution in [3.05, 3.63) is 47.3 Å². The predicted octanol–water partition coefficient (Wildman–Crippen LogP) is -4.88. The van der Waals surface area contributed by atoms with Crippen LogP contribution in [0.2, 0.25) is 0 Å². The van der Waals surface area contributed by atoms with E-state index < -0.39 is 43.5 Å². The molecule has 0 spiro atoms. The molecule has 0 saturated carbocycles. The molecule has 0 aliphatic rings. The number of anilines is 5. The molecule has 11 N–H and O–H groups in total. The van der Waals surface area contributed by atoms with Gasteiger partial charge in [0.05, 0.1) is 0 Å². The first-order valence-corrected chi connectivity index (χ1v) is 18.8. The van der Waals surface area contributed by atoms with Crippen molar-refractivity contribution in [3.63, 3.8) is 0 Å². The summed E-state index contributed by atoms with van der Waals surface area (Å²) in [6.45, 7) is 10.8. The summed E-state index contributed by atoms with van der Waals surface area (Å²) in [6.07, 6.45) is 2.65. The number of rotatable bonds is 16. The first-order valence-electron chi connectivity index (χ1n) is 13.5. The summed E-state index contributed by atoms with van der Waals surface area (Å²) in [7, 11) is 0.275. The standard InChI is InChI=1S/C24H34I2N19P/c1-12(2)13(3)9-45-10-16(42-44-45)11-46-43-24-35-20(30)34-23(37-24)41-26-39-18(28)15-7-5-14(6-8-15)17(27)38-25-40-22-33-19(29)32-21(31-4)36-22/h5-8,10,12-13,46H,4,9,11H2,1-3H3,(H2,27,38)(H2,28,39)(H3,29,32,33,36,40)(H4,30,34,35,37,41,43)/q-2. The third-order valence-corrected chi connectivity index (χ3v) is 10.0. The van der Waals surface area contributed by atoms with E-state index >= 15 is 0 Å². The Morgan fingerprint density at radius 2 is 1.43 bits per heavy atom. The Morgan fingerprint density at radius 1 is 0.870 bits per heavy atom. The summed E-state index contributed by atoms with van der Waals surface area (Å²) >= 11 is -1.97. The first-order chi connectivity index (χ1) is 22.1. The number of hydrogen-bond donors (Lipinski definition) is 7. The van der Waals surface area contributed by atoms with Gasteiger partial charge < -0.3 is 0 Å². The molecule has 0 fully saturated rings. The quantitative estimate of drug-likeness (QED) is 0.0183. The van der Waals surface area contributed by atoms with E-state index in [0.717, 1.165) is 23.4 Å². The van der Waals surface area contributed by atoms with Crippen molar-refractivity contribution < 1.29 is 43.5 Å². The van der Waals surface area contributed by atoms with Gasteiger partial charge in [0.15, 0.2) is 0 Å². The second-order valence-electron chi connectivity index (χ2n) is 9.82. The first kappa shape index (κ1) is 34.7. The van der Waals surface area contributed by atoms with Gasteiger partial charge in [-0.05, 0) is 5.92 Å². The minimum absolute atomic E-state index is 0.0314. The molecule has 0 saturated heterocycles. The van der Waals surface area contributed by atoms with Gasteiger partial charge in [-0.15, -0.1) is 0 Å². The number of halogens is 2. The van der Waals surface area contributed by atoms with Crippen molar-refractivity contribution in [2.24, 2.45) is 34.7 Å². The van der Waals surface area contributed by atoms with Crippen molar-refractivity contribution in [1.82, 2.24) is 44.9 Å². The molecule has 0 bridgehead atoms. The van der Waals surface area contributed by atoms with E-state index in [1.807, 2.05) is 35.1 Å². The number of hydrogen-bond acceptors (Lipinski definition) is 16. The van der Waals surface area contributed by atoms with Crippen LogP contribution < -0.4 is 78.6 Å². The molecule has 4 rings (SSSR count). The molecule has 4 aromatic rings. The van der Waals surface area contributed by atoms with Gasteiger partial charge >= 0.3 is 264 Å². The predicted molar refractivity (Wildman–Crippen MR) is 172 cm³/mol. The van der Waals surface area contributed by atoms with Gasteiger partial charge in [-0.1, -0.05) is 20.8 Å². The van der Waals surface area contributed by atoms with Gasteiger partial charge in [-0.3, -0.25) is 0 Å². The number of aliphatic imine (C=N–C) groups is 1. The number of nitrogens with one attached hydrogen (secondary N) is 3. The average molecular weight is 873 g/mol. The van der Waals surface area contributed by atoms with E-state index in [1.165, 1.54) is 0 Å². The molecule has 22 heteroatoms. The molecule has 0 radical (unpaired) electrons. The Morgan fingerprint density at radius 3 is 2.02 bits per heavy atom. The molecular weight excluding hydrogens is 839 g/mol. The molecule has 2 atom stereocenters. The second kappa shape index (κ2) is 17.0. The average Bonchev–Trinajstić information content (AvgIpc) is 3.47.